The van der Waals surface area contributed by atoms with Gasteiger partial charge in [-0.1, -0.05) is 6.07 Å². The van der Waals surface area contributed by atoms with Gasteiger partial charge in [0.2, 0.25) is 5.91 Å². The highest BCUT2D eigenvalue weighted by Gasteiger charge is 2.25. The Bertz CT molecular complexity index is 402. The van der Waals surface area contributed by atoms with Crippen molar-refractivity contribution in [1.82, 2.24) is 9.80 Å². The predicted molar refractivity (Wildman–Crippen MR) is 54.4 cm³/mol. The molecule has 16 heavy (non-hydrogen) atoms. The van der Waals surface area contributed by atoms with Crippen molar-refractivity contribution in [3.63, 3.8) is 0 Å². The first-order chi connectivity index (χ1) is 7.58. The van der Waals surface area contributed by atoms with Crippen molar-refractivity contribution < 1.29 is 13.6 Å². The lowest BCUT2D eigenvalue weighted by atomic mass is 10.2. The third kappa shape index (κ3) is 2.04. The second-order valence-corrected chi connectivity index (χ2v) is 3.92. The van der Waals surface area contributed by atoms with E-state index in [4.69, 9.17) is 0 Å². The smallest absolute Gasteiger partial charge is 0.237 e. The Morgan fingerprint density at radius 1 is 1.31 bits per heavy atom. The van der Waals surface area contributed by atoms with Crippen molar-refractivity contribution >= 4 is 5.91 Å². The molecule has 1 aromatic rings. The summed E-state index contributed by atoms with van der Waals surface area (Å²) in [4.78, 5) is 14.5. The van der Waals surface area contributed by atoms with E-state index in [9.17, 15) is 13.6 Å². The van der Waals surface area contributed by atoms with Crippen molar-refractivity contribution in [3.8, 4) is 0 Å². The van der Waals surface area contributed by atoms with Gasteiger partial charge in [-0.15, -0.1) is 0 Å². The van der Waals surface area contributed by atoms with Gasteiger partial charge in [-0.25, -0.2) is 8.78 Å². The zero-order chi connectivity index (χ0) is 11.7. The molecule has 0 atom stereocenters. The van der Waals surface area contributed by atoms with Crippen LogP contribution < -0.4 is 0 Å². The minimum absolute atomic E-state index is 0.0191. The van der Waals surface area contributed by atoms with Gasteiger partial charge >= 0.3 is 0 Å². The molecule has 0 radical (unpaired) electrons. The maximum Gasteiger partial charge on any atom is 0.237 e. The fourth-order valence-electron chi connectivity index (χ4n) is 1.75. The Hall–Kier alpha value is -1.49. The van der Waals surface area contributed by atoms with Crippen LogP contribution >= 0.6 is 0 Å². The van der Waals surface area contributed by atoms with E-state index in [1.165, 1.54) is 23.1 Å². The summed E-state index contributed by atoms with van der Waals surface area (Å²) in [6.45, 7) is 0.742. The Balaban J connectivity index is 2.13. The number of likely N-dealkylation sites (N-methyl/N-ethyl adjacent to an activating group) is 1. The van der Waals surface area contributed by atoms with Gasteiger partial charge in [-0.2, -0.15) is 0 Å². The summed E-state index contributed by atoms with van der Waals surface area (Å²) < 4.78 is 26.7. The maximum absolute atomic E-state index is 13.3. The fraction of sp³-hybridized carbons (Fsp3) is 0.364. The van der Waals surface area contributed by atoms with Crippen molar-refractivity contribution in [2.75, 3.05) is 20.3 Å². The molecule has 2 rings (SSSR count). The SMILES string of the molecule is CN1CN(Cc2c(F)cccc2F)CC1=O. The summed E-state index contributed by atoms with van der Waals surface area (Å²) in [5.41, 5.74) is 0.0191. The molecule has 0 aliphatic carbocycles. The summed E-state index contributed by atoms with van der Waals surface area (Å²) in [5, 5.41) is 0. The van der Waals surface area contributed by atoms with Gasteiger partial charge in [-0.3, -0.25) is 9.69 Å². The highest BCUT2D eigenvalue weighted by molar-refractivity contribution is 5.79. The zero-order valence-electron chi connectivity index (χ0n) is 8.91. The highest BCUT2D eigenvalue weighted by Crippen LogP contribution is 2.16. The number of hydrogen-bond acceptors (Lipinski definition) is 2. The largest absolute Gasteiger partial charge is 0.332 e. The van der Waals surface area contributed by atoms with Crippen LogP contribution in [0.15, 0.2) is 18.2 Å². The third-order valence-electron chi connectivity index (χ3n) is 2.64. The lowest BCUT2D eigenvalue weighted by molar-refractivity contribution is -0.125. The number of halogens is 2. The molecule has 0 aromatic heterocycles. The minimum Gasteiger partial charge on any atom is -0.332 e. The van der Waals surface area contributed by atoms with Crippen molar-refractivity contribution in [2.45, 2.75) is 6.54 Å². The Labute approximate surface area is 92.3 Å². The summed E-state index contributed by atoms with van der Waals surface area (Å²) >= 11 is 0. The molecule has 1 aliphatic heterocycles. The number of nitrogens with zero attached hydrogens (tertiary/aromatic N) is 2. The summed E-state index contributed by atoms with van der Waals surface area (Å²) in [5.74, 6) is -1.17. The minimum atomic E-state index is -0.568. The van der Waals surface area contributed by atoms with Crippen LogP contribution in [0.25, 0.3) is 0 Å². The molecule has 1 aliphatic rings. The summed E-state index contributed by atoms with van der Waals surface area (Å²) in [6, 6.07) is 3.77. The molecule has 86 valence electrons. The van der Waals surface area contributed by atoms with E-state index in [2.05, 4.69) is 0 Å². The number of benzene rings is 1. The van der Waals surface area contributed by atoms with E-state index < -0.39 is 11.6 Å². The van der Waals surface area contributed by atoms with E-state index in [0.29, 0.717) is 6.67 Å². The van der Waals surface area contributed by atoms with Crippen LogP contribution in [0.2, 0.25) is 0 Å². The molecule has 0 N–H and O–H groups in total. The Kier molecular flexibility index (Phi) is 2.87. The number of amides is 1. The number of hydrogen-bond donors (Lipinski definition) is 0. The van der Waals surface area contributed by atoms with Gasteiger partial charge in [0.1, 0.15) is 11.6 Å². The molecule has 1 fully saturated rings. The normalized spacial score (nSPS) is 17.2. The van der Waals surface area contributed by atoms with Crippen LogP contribution in [-0.2, 0) is 11.3 Å². The monoisotopic (exact) mass is 226 g/mol. The Morgan fingerprint density at radius 2 is 1.94 bits per heavy atom. The van der Waals surface area contributed by atoms with Gasteiger partial charge in [-0.05, 0) is 12.1 Å². The standard InChI is InChI=1S/C11H12F2N2O/c1-14-7-15(6-11(14)16)5-8-9(12)3-2-4-10(8)13/h2-4H,5-7H2,1H3. The van der Waals surface area contributed by atoms with Crippen LogP contribution in [-0.4, -0.2) is 36.0 Å². The first kappa shape index (κ1) is 11.0. The highest BCUT2D eigenvalue weighted by atomic mass is 19.1. The summed E-state index contributed by atoms with van der Waals surface area (Å²) in [7, 11) is 1.67. The molecule has 0 spiro atoms. The lowest BCUT2D eigenvalue weighted by Crippen LogP contribution is -2.23. The van der Waals surface area contributed by atoms with E-state index in [0.717, 1.165) is 0 Å². The molecule has 0 unspecified atom stereocenters. The molecular weight excluding hydrogens is 214 g/mol. The number of carbonyl (C=O) groups excluding carboxylic acids is 1. The van der Waals surface area contributed by atoms with Crippen molar-refractivity contribution in [2.24, 2.45) is 0 Å². The maximum atomic E-state index is 13.3. The Morgan fingerprint density at radius 3 is 2.44 bits per heavy atom. The first-order valence-electron chi connectivity index (χ1n) is 4.97. The van der Waals surface area contributed by atoms with E-state index >= 15 is 0 Å². The average molecular weight is 226 g/mol. The van der Waals surface area contributed by atoms with Gasteiger partial charge in [0.15, 0.2) is 0 Å². The van der Waals surface area contributed by atoms with Crippen molar-refractivity contribution in [1.29, 1.82) is 0 Å². The van der Waals surface area contributed by atoms with Gasteiger partial charge < -0.3 is 4.90 Å². The lowest BCUT2D eigenvalue weighted by Gasteiger charge is -2.15. The van der Waals surface area contributed by atoms with E-state index in [1.54, 1.807) is 11.9 Å². The second kappa shape index (κ2) is 4.17. The molecule has 5 heteroatoms. The quantitative estimate of drug-likeness (QED) is 0.756. The van der Waals surface area contributed by atoms with Crippen LogP contribution in [0.4, 0.5) is 8.78 Å². The van der Waals surface area contributed by atoms with Crippen LogP contribution in [0, 0.1) is 11.6 Å². The van der Waals surface area contributed by atoms with Crippen molar-refractivity contribution in [3.05, 3.63) is 35.4 Å². The molecule has 3 nitrogen and oxygen atoms in total. The van der Waals surface area contributed by atoms with Gasteiger partial charge in [0, 0.05) is 19.2 Å². The fourth-order valence-corrected chi connectivity index (χ4v) is 1.75. The molecule has 1 saturated heterocycles. The van der Waals surface area contributed by atoms with Gasteiger partial charge in [0.25, 0.3) is 0 Å². The van der Waals surface area contributed by atoms with E-state index in [-0.39, 0.29) is 24.6 Å². The van der Waals surface area contributed by atoms with E-state index in [1.807, 2.05) is 0 Å². The number of rotatable bonds is 2. The molecule has 1 heterocycles. The second-order valence-electron chi connectivity index (χ2n) is 3.92. The number of carbonyl (C=O) groups is 1. The zero-order valence-corrected chi connectivity index (χ0v) is 8.91. The molecule has 0 saturated carbocycles. The topological polar surface area (TPSA) is 23.6 Å². The molecule has 1 aromatic carbocycles. The average Bonchev–Trinajstić information content (AvgIpc) is 2.53. The van der Waals surface area contributed by atoms with Gasteiger partial charge in [0.05, 0.1) is 13.2 Å². The van der Waals surface area contributed by atoms with Crippen LogP contribution in [0.5, 0.6) is 0 Å². The third-order valence-corrected chi connectivity index (χ3v) is 2.64. The van der Waals surface area contributed by atoms with Crippen LogP contribution in [0.1, 0.15) is 5.56 Å². The molecular formula is C11H12F2N2O. The van der Waals surface area contributed by atoms with Crippen LogP contribution in [0.3, 0.4) is 0 Å². The summed E-state index contributed by atoms with van der Waals surface area (Å²) in [6.07, 6.45) is 0. The first-order valence-corrected chi connectivity index (χ1v) is 4.97. The molecule has 0 bridgehead atoms. The molecule has 1 amide bonds. The predicted octanol–water partition coefficient (Wildman–Crippen LogP) is 1.20.